The van der Waals surface area contributed by atoms with Gasteiger partial charge in [0.15, 0.2) is 6.23 Å². The quantitative estimate of drug-likeness (QED) is 0.210. The summed E-state index contributed by atoms with van der Waals surface area (Å²) in [5, 5.41) is 9.92. The zero-order valence-electron chi connectivity index (χ0n) is 22.6. The highest BCUT2D eigenvalue weighted by Gasteiger charge is 2.59. The topological polar surface area (TPSA) is 103 Å². The fraction of sp³-hybridized carbons (Fsp3) is 0.290. The van der Waals surface area contributed by atoms with E-state index in [9.17, 15) is 14.7 Å². The minimum Gasteiger partial charge on any atom is -0.497 e. The lowest BCUT2D eigenvalue weighted by Gasteiger charge is -2.42. The summed E-state index contributed by atoms with van der Waals surface area (Å²) in [7, 11) is 1.61. The molecule has 214 valence electrons. The smallest absolute Gasteiger partial charge is 0.330 e. The number of benzene rings is 3. The second kappa shape index (κ2) is 12.3. The van der Waals surface area contributed by atoms with Crippen LogP contribution in [0.4, 0.5) is 0 Å². The van der Waals surface area contributed by atoms with Crippen LogP contribution in [0.25, 0.3) is 0 Å². The molecule has 3 aromatic carbocycles. The minimum absolute atomic E-state index is 0.328. The summed E-state index contributed by atoms with van der Waals surface area (Å²) in [4.78, 5) is 26.8. The Morgan fingerprint density at radius 1 is 0.976 bits per heavy atom. The maximum Gasteiger partial charge on any atom is 0.330 e. The van der Waals surface area contributed by atoms with Gasteiger partial charge in [0.1, 0.15) is 28.4 Å². The molecule has 4 aromatic rings. The van der Waals surface area contributed by atoms with Crippen molar-refractivity contribution in [2.45, 2.75) is 28.9 Å². The van der Waals surface area contributed by atoms with E-state index >= 15 is 0 Å². The van der Waals surface area contributed by atoms with Crippen molar-refractivity contribution in [1.82, 2.24) is 9.55 Å². The molecule has 0 radical (unpaired) electrons. The standard InChI is InChI=1S/C31H31ClN2O6S/c1-38-24-15-13-23(14-16-24)31(21-9-5-3-6-10-21,22-11-7-4-8-12-22)39-27-26(32)28(40-30(27,19-35)20-41-2)34-18-17-25(36)33-29(34)37/h3-18,26-28,35H,19-20H2,1-2H3,(H,33,36,37)/t26-,27+,28-,30+/m1/s1. The number of hydrogen-bond acceptors (Lipinski definition) is 7. The number of rotatable bonds is 10. The highest BCUT2D eigenvalue weighted by molar-refractivity contribution is 7.98. The summed E-state index contributed by atoms with van der Waals surface area (Å²) in [5.74, 6) is 1.02. The minimum atomic E-state index is -1.28. The Bertz CT molecular complexity index is 1520. The van der Waals surface area contributed by atoms with Crippen molar-refractivity contribution in [3.63, 3.8) is 0 Å². The molecule has 1 aromatic heterocycles. The molecule has 0 amide bonds. The van der Waals surface area contributed by atoms with Crippen molar-refractivity contribution in [2.24, 2.45) is 0 Å². The van der Waals surface area contributed by atoms with E-state index in [1.807, 2.05) is 91.2 Å². The van der Waals surface area contributed by atoms with E-state index in [4.69, 9.17) is 25.8 Å². The zero-order chi connectivity index (χ0) is 29.0. The molecule has 4 atom stereocenters. The predicted molar refractivity (Wildman–Crippen MR) is 160 cm³/mol. The van der Waals surface area contributed by atoms with Gasteiger partial charge in [-0.1, -0.05) is 72.8 Å². The van der Waals surface area contributed by atoms with Crippen LogP contribution in [0.2, 0.25) is 0 Å². The average molecular weight is 595 g/mol. The van der Waals surface area contributed by atoms with E-state index in [2.05, 4.69) is 4.98 Å². The number of nitrogens with zero attached hydrogens (tertiary/aromatic N) is 1. The summed E-state index contributed by atoms with van der Waals surface area (Å²) >= 11 is 8.63. The number of aliphatic hydroxyl groups excluding tert-OH is 1. The Morgan fingerprint density at radius 2 is 1.56 bits per heavy atom. The largest absolute Gasteiger partial charge is 0.497 e. The first kappa shape index (κ1) is 29.2. The number of methoxy groups -OCH3 is 1. The summed E-state index contributed by atoms with van der Waals surface area (Å²) in [5.41, 5.74) is -1.21. The highest BCUT2D eigenvalue weighted by Crippen LogP contribution is 2.49. The van der Waals surface area contributed by atoms with Crippen LogP contribution in [0, 0.1) is 0 Å². The Hall–Kier alpha value is -3.34. The molecule has 0 aliphatic carbocycles. The number of aromatic nitrogens is 2. The number of nitrogens with one attached hydrogen (secondary N) is 1. The normalized spacial score (nSPS) is 22.5. The Kier molecular flexibility index (Phi) is 8.72. The van der Waals surface area contributed by atoms with Gasteiger partial charge < -0.3 is 19.3 Å². The van der Waals surface area contributed by atoms with Crippen LogP contribution >= 0.6 is 23.4 Å². The third kappa shape index (κ3) is 5.36. The van der Waals surface area contributed by atoms with E-state index in [1.54, 1.807) is 7.11 Å². The van der Waals surface area contributed by atoms with Gasteiger partial charge in [-0.2, -0.15) is 11.8 Å². The summed E-state index contributed by atoms with van der Waals surface area (Å²) < 4.78 is 20.4. The number of halogens is 1. The summed E-state index contributed by atoms with van der Waals surface area (Å²) in [6, 6.07) is 28.4. The highest BCUT2D eigenvalue weighted by atomic mass is 35.5. The molecule has 1 fully saturated rings. The predicted octanol–water partition coefficient (Wildman–Crippen LogP) is 4.15. The summed E-state index contributed by atoms with van der Waals surface area (Å²) in [6.45, 7) is -0.418. The van der Waals surface area contributed by atoms with Crippen molar-refractivity contribution >= 4 is 23.4 Å². The van der Waals surface area contributed by atoms with Gasteiger partial charge >= 0.3 is 5.69 Å². The van der Waals surface area contributed by atoms with Crippen LogP contribution < -0.4 is 16.0 Å². The molecule has 2 heterocycles. The first-order valence-electron chi connectivity index (χ1n) is 13.0. The number of ether oxygens (including phenoxy) is 3. The van der Waals surface area contributed by atoms with Gasteiger partial charge in [-0.3, -0.25) is 14.3 Å². The average Bonchev–Trinajstić information content (AvgIpc) is 3.27. The van der Waals surface area contributed by atoms with Gasteiger partial charge in [-0.05, 0) is 35.1 Å². The third-order valence-electron chi connectivity index (χ3n) is 7.38. The molecule has 0 spiro atoms. The molecule has 0 bridgehead atoms. The monoisotopic (exact) mass is 594 g/mol. The number of H-pyrrole nitrogens is 1. The maximum atomic E-state index is 12.8. The third-order valence-corrected chi connectivity index (χ3v) is 8.60. The molecular weight excluding hydrogens is 564 g/mol. The molecule has 10 heteroatoms. The number of alkyl halides is 1. The van der Waals surface area contributed by atoms with Crippen LogP contribution in [0.15, 0.2) is 107 Å². The molecule has 1 aliphatic heterocycles. The first-order chi connectivity index (χ1) is 19.9. The maximum absolute atomic E-state index is 12.8. The number of aromatic amines is 1. The number of thioether (sulfide) groups is 1. The fourth-order valence-electron chi connectivity index (χ4n) is 5.42. The lowest BCUT2D eigenvalue weighted by Crippen LogP contribution is -2.53. The van der Waals surface area contributed by atoms with E-state index < -0.39 is 46.8 Å². The molecule has 5 rings (SSSR count). The molecule has 41 heavy (non-hydrogen) atoms. The van der Waals surface area contributed by atoms with Crippen molar-refractivity contribution in [1.29, 1.82) is 0 Å². The van der Waals surface area contributed by atoms with Gasteiger partial charge in [-0.15, -0.1) is 11.6 Å². The Balaban J connectivity index is 1.74. The molecule has 8 nitrogen and oxygen atoms in total. The lowest BCUT2D eigenvalue weighted by molar-refractivity contribution is -0.151. The molecule has 2 N–H and O–H groups in total. The van der Waals surface area contributed by atoms with Gasteiger partial charge in [0.2, 0.25) is 0 Å². The van der Waals surface area contributed by atoms with Crippen molar-refractivity contribution in [2.75, 3.05) is 25.7 Å². The molecular formula is C31H31ClN2O6S. The van der Waals surface area contributed by atoms with Crippen LogP contribution in [0.1, 0.15) is 22.9 Å². The number of hydrogen-bond donors (Lipinski definition) is 2. The molecule has 1 aliphatic rings. The zero-order valence-corrected chi connectivity index (χ0v) is 24.2. The molecule has 0 unspecified atom stereocenters. The number of aliphatic hydroxyl groups is 1. The SMILES string of the molecule is COc1ccc(C(O[C@H]2[C@@H](Cl)[C@H](n3ccc(=O)[nH]c3=O)O[C@@]2(CO)CSC)(c2ccccc2)c2ccccc2)cc1. The van der Waals surface area contributed by atoms with Crippen molar-refractivity contribution in [3.05, 3.63) is 135 Å². The second-order valence-corrected chi connectivity index (χ2v) is 11.2. The Morgan fingerprint density at radius 3 is 2.07 bits per heavy atom. The summed E-state index contributed by atoms with van der Waals surface area (Å²) in [6.07, 6.45) is 1.31. The van der Waals surface area contributed by atoms with Crippen LogP contribution in [0.3, 0.4) is 0 Å². The van der Waals surface area contributed by atoms with Crippen LogP contribution in [0.5, 0.6) is 5.75 Å². The van der Waals surface area contributed by atoms with Gasteiger partial charge in [0.25, 0.3) is 5.56 Å². The van der Waals surface area contributed by atoms with Gasteiger partial charge in [0, 0.05) is 18.0 Å². The van der Waals surface area contributed by atoms with Crippen molar-refractivity contribution < 1.29 is 19.3 Å². The van der Waals surface area contributed by atoms with E-state index in [-0.39, 0.29) is 0 Å². The molecule has 1 saturated heterocycles. The van der Waals surface area contributed by atoms with E-state index in [0.717, 1.165) is 16.7 Å². The van der Waals surface area contributed by atoms with E-state index in [0.29, 0.717) is 11.5 Å². The van der Waals surface area contributed by atoms with Gasteiger partial charge in [0.05, 0.1) is 13.7 Å². The van der Waals surface area contributed by atoms with E-state index in [1.165, 1.54) is 28.6 Å². The van der Waals surface area contributed by atoms with Gasteiger partial charge in [-0.25, -0.2) is 4.79 Å². The fourth-order valence-corrected chi connectivity index (χ4v) is 6.69. The first-order valence-corrected chi connectivity index (χ1v) is 14.9. The second-order valence-electron chi connectivity index (χ2n) is 9.81. The van der Waals surface area contributed by atoms with Crippen LogP contribution in [-0.4, -0.2) is 57.5 Å². The lowest BCUT2D eigenvalue weighted by atomic mass is 9.79. The van der Waals surface area contributed by atoms with Crippen molar-refractivity contribution in [3.8, 4) is 5.75 Å². The molecule has 0 saturated carbocycles. The van der Waals surface area contributed by atoms with Crippen LogP contribution in [-0.2, 0) is 15.1 Å². The Labute approximate surface area is 246 Å².